The normalized spacial score (nSPS) is 14.3. The van der Waals surface area contributed by atoms with E-state index in [1.165, 1.54) is 0 Å². The number of nitrogens with two attached hydrogens (primary N) is 1. The number of piperazine rings is 1. The standard InChI is InChI=1S/C31H39N7O2/c1-18(2)38-26(16-24-19(3)13-20(4)34-31(24)40)21(5)29-25(30(32)39)14-23(15-27(29)38)35-22-7-8-28(33-17-22)37-11-9-36(6)10-12-37/h7-8,13-15,17-18,35H,9-12,16H2,1-6H3,(H2,32,39)(H,34,40). The molecule has 1 fully saturated rings. The number of primary amides is 1. The number of likely N-dealkylation sites (N-methyl/N-ethyl adjacent to an activating group) is 1. The van der Waals surface area contributed by atoms with Gasteiger partial charge in [-0.05, 0) is 83.1 Å². The number of hydrogen-bond donors (Lipinski definition) is 3. The monoisotopic (exact) mass is 541 g/mol. The third kappa shape index (κ3) is 5.21. The zero-order valence-electron chi connectivity index (χ0n) is 24.3. The molecule has 0 bridgehead atoms. The fourth-order valence-corrected chi connectivity index (χ4v) is 5.87. The van der Waals surface area contributed by atoms with Gasteiger partial charge in [0.15, 0.2) is 0 Å². The highest BCUT2D eigenvalue weighted by Crippen LogP contribution is 2.36. The summed E-state index contributed by atoms with van der Waals surface area (Å²) < 4.78 is 2.22. The average Bonchev–Trinajstić information content (AvgIpc) is 3.17. The van der Waals surface area contributed by atoms with E-state index in [4.69, 9.17) is 10.7 Å². The molecular weight excluding hydrogens is 502 g/mol. The first-order valence-electron chi connectivity index (χ1n) is 13.9. The van der Waals surface area contributed by atoms with Gasteiger partial charge in [0.1, 0.15) is 5.82 Å². The van der Waals surface area contributed by atoms with E-state index in [0.29, 0.717) is 12.0 Å². The average molecular weight is 542 g/mol. The highest BCUT2D eigenvalue weighted by Gasteiger charge is 2.23. The maximum absolute atomic E-state index is 12.9. The van der Waals surface area contributed by atoms with E-state index >= 15 is 0 Å². The quantitative estimate of drug-likeness (QED) is 0.319. The Hall–Kier alpha value is -4.11. The minimum Gasteiger partial charge on any atom is -0.366 e. The molecule has 9 heteroatoms. The summed E-state index contributed by atoms with van der Waals surface area (Å²) in [6.07, 6.45) is 2.28. The second kappa shape index (κ2) is 10.8. The van der Waals surface area contributed by atoms with Crippen LogP contribution in [0.1, 0.15) is 58.3 Å². The van der Waals surface area contributed by atoms with Crippen LogP contribution >= 0.6 is 0 Å². The number of carbonyl (C=O) groups excluding carboxylic acids is 1. The highest BCUT2D eigenvalue weighted by atomic mass is 16.1. The fraction of sp³-hybridized carbons (Fsp3) is 0.387. The molecule has 4 N–H and O–H groups in total. The number of benzene rings is 1. The van der Waals surface area contributed by atoms with E-state index in [1.807, 2.05) is 51.2 Å². The summed E-state index contributed by atoms with van der Waals surface area (Å²) in [5.74, 6) is 0.472. The van der Waals surface area contributed by atoms with Crippen molar-refractivity contribution in [1.29, 1.82) is 0 Å². The van der Waals surface area contributed by atoms with Gasteiger partial charge in [0.05, 0.1) is 23.0 Å². The number of aromatic nitrogens is 3. The lowest BCUT2D eigenvalue weighted by Crippen LogP contribution is -2.44. The number of nitrogens with one attached hydrogen (secondary N) is 2. The van der Waals surface area contributed by atoms with E-state index in [-0.39, 0.29) is 11.6 Å². The Bertz CT molecular complexity index is 1620. The van der Waals surface area contributed by atoms with Gasteiger partial charge in [0.2, 0.25) is 5.91 Å². The van der Waals surface area contributed by atoms with Crippen LogP contribution in [0.5, 0.6) is 0 Å². The predicted octanol–water partition coefficient (Wildman–Crippen LogP) is 4.42. The lowest BCUT2D eigenvalue weighted by Gasteiger charge is -2.33. The lowest BCUT2D eigenvalue weighted by molar-refractivity contribution is 0.100. The molecule has 0 aliphatic carbocycles. The van der Waals surface area contributed by atoms with E-state index in [0.717, 1.165) is 82.4 Å². The minimum absolute atomic E-state index is 0.0811. The van der Waals surface area contributed by atoms with E-state index in [2.05, 4.69) is 51.6 Å². The number of nitrogens with zero attached hydrogens (tertiary/aromatic N) is 4. The van der Waals surface area contributed by atoms with E-state index in [1.54, 1.807) is 0 Å². The van der Waals surface area contributed by atoms with Crippen molar-refractivity contribution < 1.29 is 4.79 Å². The smallest absolute Gasteiger partial charge is 0.251 e. The second-order valence-corrected chi connectivity index (χ2v) is 11.3. The summed E-state index contributed by atoms with van der Waals surface area (Å²) >= 11 is 0. The zero-order chi connectivity index (χ0) is 28.7. The van der Waals surface area contributed by atoms with Gasteiger partial charge < -0.3 is 30.4 Å². The molecule has 1 saturated heterocycles. The Labute approximate surface area is 235 Å². The van der Waals surface area contributed by atoms with E-state index in [9.17, 15) is 9.59 Å². The summed E-state index contributed by atoms with van der Waals surface area (Å²) in [4.78, 5) is 37.8. The summed E-state index contributed by atoms with van der Waals surface area (Å²) in [5, 5.41) is 4.26. The van der Waals surface area contributed by atoms with Gasteiger partial charge >= 0.3 is 0 Å². The molecule has 3 aromatic heterocycles. The van der Waals surface area contributed by atoms with Gasteiger partial charge in [-0.15, -0.1) is 0 Å². The maximum Gasteiger partial charge on any atom is 0.251 e. The third-order valence-electron chi connectivity index (χ3n) is 7.96. The van der Waals surface area contributed by atoms with Crippen LogP contribution < -0.4 is 21.5 Å². The molecule has 4 heterocycles. The van der Waals surface area contributed by atoms with Crippen molar-refractivity contribution in [2.24, 2.45) is 5.73 Å². The molecule has 9 nitrogen and oxygen atoms in total. The Morgan fingerprint density at radius 1 is 1.07 bits per heavy atom. The fourth-order valence-electron chi connectivity index (χ4n) is 5.87. The SMILES string of the molecule is Cc1cc(C)c(Cc2c(C)c3c(C(N)=O)cc(Nc4ccc(N5CCN(C)CC5)nc4)cc3n2C(C)C)c(=O)[nH]1. The lowest BCUT2D eigenvalue weighted by atomic mass is 10.00. The summed E-state index contributed by atoms with van der Waals surface area (Å²) in [7, 11) is 2.14. The molecule has 1 aliphatic heterocycles. The molecule has 40 heavy (non-hydrogen) atoms. The number of carbonyl (C=O) groups is 1. The Morgan fingerprint density at radius 3 is 2.40 bits per heavy atom. The van der Waals surface area contributed by atoms with Gasteiger partial charge in [-0.25, -0.2) is 4.98 Å². The second-order valence-electron chi connectivity index (χ2n) is 11.3. The van der Waals surface area contributed by atoms with Crippen molar-refractivity contribution in [1.82, 2.24) is 19.4 Å². The zero-order valence-corrected chi connectivity index (χ0v) is 24.3. The van der Waals surface area contributed by atoms with E-state index < -0.39 is 5.91 Å². The van der Waals surface area contributed by atoms with Crippen molar-refractivity contribution in [2.75, 3.05) is 43.4 Å². The number of aryl methyl sites for hydroxylation is 3. The van der Waals surface area contributed by atoms with Crippen LogP contribution in [0.25, 0.3) is 10.9 Å². The summed E-state index contributed by atoms with van der Waals surface area (Å²) in [6, 6.07) is 10.00. The van der Waals surface area contributed by atoms with Crippen molar-refractivity contribution in [3.05, 3.63) is 80.5 Å². The summed E-state index contributed by atoms with van der Waals surface area (Å²) in [5.41, 5.74) is 13.3. The molecule has 1 aromatic carbocycles. The number of fused-ring (bicyclic) bond motifs is 1. The Balaban J connectivity index is 1.55. The topological polar surface area (TPSA) is 112 Å². The van der Waals surface area contributed by atoms with Crippen molar-refractivity contribution in [3.63, 3.8) is 0 Å². The molecule has 1 aliphatic rings. The number of amides is 1. The first kappa shape index (κ1) is 27.5. The molecule has 1 amide bonds. The molecule has 0 radical (unpaired) electrons. The van der Waals surface area contributed by atoms with Crippen LogP contribution in [0.3, 0.4) is 0 Å². The Kier molecular flexibility index (Phi) is 7.42. The van der Waals surface area contributed by atoms with Crippen LogP contribution in [0.4, 0.5) is 17.2 Å². The molecule has 0 saturated carbocycles. The van der Waals surface area contributed by atoms with Gasteiger partial charge in [0.25, 0.3) is 5.56 Å². The number of rotatable bonds is 7. The van der Waals surface area contributed by atoms with Gasteiger partial charge in [-0.1, -0.05) is 0 Å². The van der Waals surface area contributed by atoms with Crippen LogP contribution in [0, 0.1) is 20.8 Å². The molecule has 0 spiro atoms. The summed E-state index contributed by atoms with van der Waals surface area (Å²) in [6.45, 7) is 14.0. The molecule has 5 rings (SSSR count). The largest absolute Gasteiger partial charge is 0.366 e. The van der Waals surface area contributed by atoms with Crippen LogP contribution in [-0.2, 0) is 6.42 Å². The van der Waals surface area contributed by atoms with Crippen LogP contribution in [0.2, 0.25) is 0 Å². The predicted molar refractivity (Wildman–Crippen MR) is 162 cm³/mol. The molecule has 4 aromatic rings. The van der Waals surface area contributed by atoms with Crippen molar-refractivity contribution >= 4 is 34.0 Å². The van der Waals surface area contributed by atoms with Crippen molar-refractivity contribution in [2.45, 2.75) is 47.1 Å². The third-order valence-corrected chi connectivity index (χ3v) is 7.96. The number of anilines is 3. The van der Waals surface area contributed by atoms with Gasteiger partial charge in [-0.3, -0.25) is 9.59 Å². The first-order chi connectivity index (χ1) is 19.0. The number of pyridine rings is 2. The van der Waals surface area contributed by atoms with Gasteiger partial charge in [0, 0.05) is 66.7 Å². The molecule has 0 atom stereocenters. The maximum atomic E-state index is 12.9. The Morgan fingerprint density at radius 2 is 1.80 bits per heavy atom. The molecular formula is C31H39N7O2. The number of hydrogen-bond acceptors (Lipinski definition) is 6. The minimum atomic E-state index is -0.489. The highest BCUT2D eigenvalue weighted by molar-refractivity contribution is 6.09. The number of aromatic amines is 1. The van der Waals surface area contributed by atoms with Crippen LogP contribution in [-0.4, -0.2) is 58.6 Å². The molecule has 210 valence electrons. The number of H-pyrrole nitrogens is 1. The first-order valence-corrected chi connectivity index (χ1v) is 13.9. The van der Waals surface area contributed by atoms with Crippen molar-refractivity contribution in [3.8, 4) is 0 Å². The van der Waals surface area contributed by atoms with Crippen LogP contribution in [0.15, 0.2) is 41.3 Å². The molecule has 0 unspecified atom stereocenters. The van der Waals surface area contributed by atoms with Gasteiger partial charge in [-0.2, -0.15) is 0 Å².